The molecule has 0 radical (unpaired) electrons. The molecule has 0 spiro atoms. The number of fused-ring (bicyclic) bond motifs is 1. The van der Waals surface area contributed by atoms with Crippen molar-refractivity contribution < 1.29 is 9.32 Å². The summed E-state index contributed by atoms with van der Waals surface area (Å²) in [7, 11) is 0. The van der Waals surface area contributed by atoms with Crippen LogP contribution < -0.4 is 5.32 Å². The number of nitrogens with one attached hydrogen (secondary N) is 1. The lowest BCUT2D eigenvalue weighted by Crippen LogP contribution is -2.41. The molecule has 1 N–H and O–H groups in total. The normalized spacial score (nSPS) is 17.4. The number of aryl methyl sites for hydroxylation is 3. The topological polar surface area (TPSA) is 73.0 Å². The molecule has 2 aromatic heterocycles. The summed E-state index contributed by atoms with van der Waals surface area (Å²) in [5.41, 5.74) is 3.09. The molecule has 0 saturated heterocycles. The lowest BCUT2D eigenvalue weighted by atomic mass is 9.93. The van der Waals surface area contributed by atoms with E-state index >= 15 is 0 Å². The van der Waals surface area contributed by atoms with Crippen LogP contribution in [-0.4, -0.2) is 26.7 Å². The molecule has 3 heterocycles. The molecule has 0 aromatic carbocycles. The molecule has 1 atom stereocenters. The molecule has 1 aliphatic heterocycles. The first-order chi connectivity index (χ1) is 11.7. The van der Waals surface area contributed by atoms with Gasteiger partial charge in [0.15, 0.2) is 0 Å². The molecule has 0 unspecified atom stereocenters. The number of hydrogen-bond acceptors (Lipinski definition) is 4. The van der Waals surface area contributed by atoms with E-state index in [1.807, 2.05) is 13.8 Å². The van der Waals surface area contributed by atoms with Crippen LogP contribution in [0.25, 0.3) is 0 Å². The van der Waals surface area contributed by atoms with E-state index in [1.54, 1.807) is 0 Å². The Hall–Kier alpha value is -2.11. The zero-order chi connectivity index (χ0) is 18.2. The Morgan fingerprint density at radius 1 is 1.40 bits per heavy atom. The maximum atomic E-state index is 12.3. The minimum absolute atomic E-state index is 0.0530. The highest BCUT2D eigenvalue weighted by Gasteiger charge is 2.25. The minimum Gasteiger partial charge on any atom is -0.361 e. The van der Waals surface area contributed by atoms with Gasteiger partial charge in [0, 0.05) is 42.6 Å². The second-order valence-electron chi connectivity index (χ2n) is 8.05. The van der Waals surface area contributed by atoms with Gasteiger partial charge in [-0.05, 0) is 26.7 Å². The molecule has 6 heteroatoms. The molecule has 2 aromatic rings. The van der Waals surface area contributed by atoms with Gasteiger partial charge in [-0.25, -0.2) is 4.98 Å². The molecule has 0 aliphatic carbocycles. The molecular formula is C19H28N4O2. The van der Waals surface area contributed by atoms with Crippen molar-refractivity contribution in [3.8, 4) is 0 Å². The average Bonchev–Trinajstić information content (AvgIpc) is 3.09. The van der Waals surface area contributed by atoms with Crippen molar-refractivity contribution in [3.63, 3.8) is 0 Å². The second-order valence-corrected chi connectivity index (χ2v) is 8.05. The number of imidazole rings is 1. The van der Waals surface area contributed by atoms with Crippen molar-refractivity contribution in [3.05, 3.63) is 34.7 Å². The van der Waals surface area contributed by atoms with E-state index in [2.05, 4.69) is 42.0 Å². The number of nitrogens with zero attached hydrogens (tertiary/aromatic N) is 3. The van der Waals surface area contributed by atoms with Crippen molar-refractivity contribution in [2.24, 2.45) is 0 Å². The highest BCUT2D eigenvalue weighted by Crippen LogP contribution is 2.24. The number of aromatic nitrogens is 3. The standard InChI is InChI=1S/C19H28N4O2/c1-12-15(13(2)25-22-12)7-9-18(24)20-14-6-8-17-21-16(19(3,4)5)11-23(17)10-14/h11,14H,6-10H2,1-5H3,(H,20,24)/t14-/m1/s1. The molecule has 136 valence electrons. The van der Waals surface area contributed by atoms with Gasteiger partial charge in [-0.3, -0.25) is 4.79 Å². The van der Waals surface area contributed by atoms with E-state index in [0.29, 0.717) is 12.8 Å². The third-order valence-electron chi connectivity index (χ3n) is 4.91. The van der Waals surface area contributed by atoms with Crippen LogP contribution in [0.3, 0.4) is 0 Å². The molecule has 0 fully saturated rings. The van der Waals surface area contributed by atoms with E-state index in [9.17, 15) is 4.79 Å². The van der Waals surface area contributed by atoms with Crippen LogP contribution in [0.2, 0.25) is 0 Å². The maximum absolute atomic E-state index is 12.3. The fourth-order valence-electron chi connectivity index (χ4n) is 3.32. The van der Waals surface area contributed by atoms with Gasteiger partial charge >= 0.3 is 0 Å². The summed E-state index contributed by atoms with van der Waals surface area (Å²) in [6, 6.07) is 0.173. The molecule has 3 rings (SSSR count). The lowest BCUT2D eigenvalue weighted by molar-refractivity contribution is -0.122. The van der Waals surface area contributed by atoms with E-state index in [1.165, 1.54) is 0 Å². The predicted molar refractivity (Wildman–Crippen MR) is 95.5 cm³/mol. The third-order valence-corrected chi connectivity index (χ3v) is 4.91. The van der Waals surface area contributed by atoms with Gasteiger partial charge in [-0.15, -0.1) is 0 Å². The molecule has 6 nitrogen and oxygen atoms in total. The zero-order valence-corrected chi connectivity index (χ0v) is 15.8. The van der Waals surface area contributed by atoms with Crippen LogP contribution in [0.5, 0.6) is 0 Å². The van der Waals surface area contributed by atoms with Gasteiger partial charge < -0.3 is 14.4 Å². The average molecular weight is 344 g/mol. The van der Waals surface area contributed by atoms with Gasteiger partial charge in [0.25, 0.3) is 0 Å². The lowest BCUT2D eigenvalue weighted by Gasteiger charge is -2.24. The second kappa shape index (κ2) is 6.65. The quantitative estimate of drug-likeness (QED) is 0.925. The number of amides is 1. The number of hydrogen-bond donors (Lipinski definition) is 1. The van der Waals surface area contributed by atoms with Gasteiger partial charge in [-0.1, -0.05) is 25.9 Å². The van der Waals surface area contributed by atoms with Crippen LogP contribution in [-0.2, 0) is 29.6 Å². The maximum Gasteiger partial charge on any atom is 0.220 e. The van der Waals surface area contributed by atoms with Crippen molar-refractivity contribution in [2.45, 2.75) is 78.3 Å². The summed E-state index contributed by atoms with van der Waals surface area (Å²) < 4.78 is 7.35. The van der Waals surface area contributed by atoms with Gasteiger partial charge in [0.05, 0.1) is 11.4 Å². The van der Waals surface area contributed by atoms with E-state index in [4.69, 9.17) is 9.51 Å². The highest BCUT2D eigenvalue weighted by molar-refractivity contribution is 5.76. The highest BCUT2D eigenvalue weighted by atomic mass is 16.5. The summed E-state index contributed by atoms with van der Waals surface area (Å²) >= 11 is 0. The largest absolute Gasteiger partial charge is 0.361 e. The van der Waals surface area contributed by atoms with Crippen LogP contribution in [0.15, 0.2) is 10.7 Å². The molecular weight excluding hydrogens is 316 g/mol. The summed E-state index contributed by atoms with van der Waals surface area (Å²) in [5, 5.41) is 7.11. The number of carbonyl (C=O) groups excluding carboxylic acids is 1. The number of carbonyl (C=O) groups is 1. The Kier molecular flexibility index (Phi) is 4.71. The van der Waals surface area contributed by atoms with Gasteiger partial charge in [0.2, 0.25) is 5.91 Å². The third kappa shape index (κ3) is 3.94. The van der Waals surface area contributed by atoms with Crippen LogP contribution in [0.4, 0.5) is 0 Å². The smallest absolute Gasteiger partial charge is 0.220 e. The van der Waals surface area contributed by atoms with Crippen molar-refractivity contribution in [2.75, 3.05) is 0 Å². The Morgan fingerprint density at radius 3 is 2.80 bits per heavy atom. The van der Waals surface area contributed by atoms with Crippen LogP contribution in [0, 0.1) is 13.8 Å². The summed E-state index contributed by atoms with van der Waals surface area (Å²) in [5.74, 6) is 2.02. The van der Waals surface area contributed by atoms with Crippen molar-refractivity contribution >= 4 is 5.91 Å². The number of rotatable bonds is 4. The van der Waals surface area contributed by atoms with E-state index in [0.717, 1.165) is 47.9 Å². The first-order valence-corrected chi connectivity index (χ1v) is 9.01. The molecule has 25 heavy (non-hydrogen) atoms. The molecule has 1 aliphatic rings. The Morgan fingerprint density at radius 2 is 2.16 bits per heavy atom. The van der Waals surface area contributed by atoms with Crippen LogP contribution in [0.1, 0.15) is 62.1 Å². The fraction of sp³-hybridized carbons (Fsp3) is 0.632. The molecule has 1 amide bonds. The van der Waals surface area contributed by atoms with Crippen LogP contribution >= 0.6 is 0 Å². The molecule has 0 saturated carbocycles. The predicted octanol–water partition coefficient (Wildman–Crippen LogP) is 2.85. The fourth-order valence-corrected chi connectivity index (χ4v) is 3.32. The monoisotopic (exact) mass is 344 g/mol. The summed E-state index contributed by atoms with van der Waals surface area (Å²) in [6.07, 6.45) is 5.12. The Balaban J connectivity index is 1.56. The zero-order valence-electron chi connectivity index (χ0n) is 15.8. The first-order valence-electron chi connectivity index (χ1n) is 9.01. The SMILES string of the molecule is Cc1noc(C)c1CCC(=O)N[C@@H]1CCc2nc(C(C)(C)C)cn2C1. The van der Waals surface area contributed by atoms with Gasteiger partial charge in [-0.2, -0.15) is 0 Å². The summed E-state index contributed by atoms with van der Waals surface area (Å²) in [6.45, 7) is 11.1. The minimum atomic E-state index is 0.0530. The molecule has 0 bridgehead atoms. The van der Waals surface area contributed by atoms with E-state index < -0.39 is 0 Å². The van der Waals surface area contributed by atoms with Crippen molar-refractivity contribution in [1.82, 2.24) is 20.0 Å². The van der Waals surface area contributed by atoms with E-state index in [-0.39, 0.29) is 17.4 Å². The summed E-state index contributed by atoms with van der Waals surface area (Å²) in [4.78, 5) is 17.1. The first kappa shape index (κ1) is 17.7. The Bertz CT molecular complexity index is 747. The van der Waals surface area contributed by atoms with Gasteiger partial charge in [0.1, 0.15) is 11.6 Å². The Labute approximate surface area is 149 Å². The van der Waals surface area contributed by atoms with Crippen molar-refractivity contribution in [1.29, 1.82) is 0 Å².